The molecule has 1 aliphatic rings. The monoisotopic (exact) mass is 258 g/mol. The first-order chi connectivity index (χ1) is 9.24. The lowest BCUT2D eigenvalue weighted by Crippen LogP contribution is -2.47. The number of hydrogen-bond acceptors (Lipinski definition) is 3. The summed E-state index contributed by atoms with van der Waals surface area (Å²) in [5, 5.41) is 6.83. The van der Waals surface area contributed by atoms with Crippen molar-refractivity contribution in [2.75, 3.05) is 26.2 Å². The normalized spacial score (nSPS) is 15.9. The second kappa shape index (κ2) is 5.31. The molecule has 2 N–H and O–H groups in total. The summed E-state index contributed by atoms with van der Waals surface area (Å²) < 4.78 is 2.14. The highest BCUT2D eigenvalue weighted by Crippen LogP contribution is 2.16. The van der Waals surface area contributed by atoms with Gasteiger partial charge in [-0.15, -0.1) is 0 Å². The first-order valence-electron chi connectivity index (χ1n) is 7.07. The molecule has 0 bridgehead atoms. The molecule has 0 saturated carbocycles. The van der Waals surface area contributed by atoms with Crippen molar-refractivity contribution >= 4 is 11.0 Å². The van der Waals surface area contributed by atoms with Crippen LogP contribution in [-0.4, -0.2) is 35.7 Å². The Bertz CT molecular complexity index is 569. The Morgan fingerprint density at radius 2 is 2.26 bits per heavy atom. The zero-order valence-corrected chi connectivity index (χ0v) is 11.7. The molecule has 1 aliphatic heterocycles. The molecular weight excluding hydrogens is 236 g/mol. The maximum absolute atomic E-state index is 4.59. The molecule has 2 heterocycles. The number of aromatic nitrogens is 2. The maximum Gasteiger partial charge on any atom is 0.106 e. The maximum atomic E-state index is 4.59. The lowest BCUT2D eigenvalue weighted by Gasteiger charge is -2.27. The predicted molar refractivity (Wildman–Crippen MR) is 78.4 cm³/mol. The van der Waals surface area contributed by atoms with Crippen LogP contribution in [0.3, 0.4) is 0 Å². The minimum absolute atomic E-state index is 0.834. The second-order valence-electron chi connectivity index (χ2n) is 5.52. The quantitative estimate of drug-likeness (QED) is 0.793. The first-order valence-corrected chi connectivity index (χ1v) is 7.07. The summed E-state index contributed by atoms with van der Waals surface area (Å²) in [4.78, 5) is 4.59. The summed E-state index contributed by atoms with van der Waals surface area (Å²) >= 11 is 0. The van der Waals surface area contributed by atoms with Crippen LogP contribution in [0, 0.1) is 12.8 Å². The summed E-state index contributed by atoms with van der Waals surface area (Å²) in [7, 11) is 2.07. The third-order valence-corrected chi connectivity index (χ3v) is 4.06. The molecule has 1 aromatic heterocycles. The van der Waals surface area contributed by atoms with E-state index in [0.717, 1.165) is 36.8 Å². The van der Waals surface area contributed by atoms with E-state index in [0.29, 0.717) is 0 Å². The van der Waals surface area contributed by atoms with Gasteiger partial charge in [-0.1, -0.05) is 6.07 Å². The third kappa shape index (κ3) is 2.65. The SMILES string of the molecule is Cc1nc2cc(CCNCC3CNC3)ccc2n1C. The summed E-state index contributed by atoms with van der Waals surface area (Å²) in [5.41, 5.74) is 3.69. The lowest BCUT2D eigenvalue weighted by molar-refractivity contribution is 0.333. The molecule has 19 heavy (non-hydrogen) atoms. The predicted octanol–water partition coefficient (Wildman–Crippen LogP) is 1.23. The average molecular weight is 258 g/mol. The van der Waals surface area contributed by atoms with E-state index in [2.05, 4.69) is 45.4 Å². The minimum Gasteiger partial charge on any atom is -0.331 e. The number of nitrogens with zero attached hydrogens (tertiary/aromatic N) is 2. The topological polar surface area (TPSA) is 41.9 Å². The Kier molecular flexibility index (Phi) is 3.53. The van der Waals surface area contributed by atoms with Gasteiger partial charge in [0.25, 0.3) is 0 Å². The molecule has 4 nitrogen and oxygen atoms in total. The van der Waals surface area contributed by atoms with Gasteiger partial charge in [-0.3, -0.25) is 0 Å². The van der Waals surface area contributed by atoms with Crippen molar-refractivity contribution in [3.8, 4) is 0 Å². The van der Waals surface area contributed by atoms with E-state index in [1.807, 2.05) is 6.92 Å². The van der Waals surface area contributed by atoms with Crippen LogP contribution >= 0.6 is 0 Å². The molecular formula is C15H22N4. The standard InChI is InChI=1S/C15H22N4/c1-11-18-14-7-12(3-4-15(14)19(11)2)5-6-16-8-13-9-17-10-13/h3-4,7,13,16-17H,5-6,8-10H2,1-2H3. The van der Waals surface area contributed by atoms with Crippen molar-refractivity contribution in [2.24, 2.45) is 13.0 Å². The number of hydrogen-bond donors (Lipinski definition) is 2. The van der Waals surface area contributed by atoms with Crippen LogP contribution in [0.4, 0.5) is 0 Å². The summed E-state index contributed by atoms with van der Waals surface area (Å²) in [6, 6.07) is 6.62. The fourth-order valence-electron chi connectivity index (χ4n) is 2.55. The number of benzene rings is 1. The van der Waals surface area contributed by atoms with E-state index in [9.17, 15) is 0 Å². The van der Waals surface area contributed by atoms with E-state index in [4.69, 9.17) is 0 Å². The number of fused-ring (bicyclic) bond motifs is 1. The molecule has 1 fully saturated rings. The Labute approximate surface area is 114 Å². The van der Waals surface area contributed by atoms with Gasteiger partial charge in [0.15, 0.2) is 0 Å². The first kappa shape index (κ1) is 12.6. The fourth-order valence-corrected chi connectivity index (χ4v) is 2.55. The van der Waals surface area contributed by atoms with E-state index in [1.165, 1.54) is 24.2 Å². The van der Waals surface area contributed by atoms with Gasteiger partial charge in [0.05, 0.1) is 11.0 Å². The molecule has 4 heteroatoms. The van der Waals surface area contributed by atoms with E-state index >= 15 is 0 Å². The molecule has 102 valence electrons. The smallest absolute Gasteiger partial charge is 0.106 e. The largest absolute Gasteiger partial charge is 0.331 e. The van der Waals surface area contributed by atoms with Crippen LogP contribution < -0.4 is 10.6 Å². The van der Waals surface area contributed by atoms with Gasteiger partial charge in [0, 0.05) is 26.7 Å². The Balaban J connectivity index is 1.58. The number of imidazole rings is 1. The lowest BCUT2D eigenvalue weighted by atomic mass is 10.0. The van der Waals surface area contributed by atoms with Crippen LogP contribution in [0.25, 0.3) is 11.0 Å². The molecule has 0 atom stereocenters. The van der Waals surface area contributed by atoms with Gasteiger partial charge in [-0.2, -0.15) is 0 Å². The Morgan fingerprint density at radius 1 is 1.42 bits per heavy atom. The van der Waals surface area contributed by atoms with Crippen molar-refractivity contribution < 1.29 is 0 Å². The van der Waals surface area contributed by atoms with Crippen molar-refractivity contribution in [3.05, 3.63) is 29.6 Å². The van der Waals surface area contributed by atoms with Crippen LogP contribution in [0.1, 0.15) is 11.4 Å². The minimum atomic E-state index is 0.834. The van der Waals surface area contributed by atoms with Gasteiger partial charge < -0.3 is 15.2 Å². The Morgan fingerprint density at radius 3 is 3.00 bits per heavy atom. The summed E-state index contributed by atoms with van der Waals surface area (Å²) in [6.45, 7) is 6.58. The molecule has 0 radical (unpaired) electrons. The highest BCUT2D eigenvalue weighted by molar-refractivity contribution is 5.76. The van der Waals surface area contributed by atoms with E-state index in [1.54, 1.807) is 0 Å². The third-order valence-electron chi connectivity index (χ3n) is 4.06. The van der Waals surface area contributed by atoms with E-state index in [-0.39, 0.29) is 0 Å². The molecule has 2 aromatic rings. The van der Waals surface area contributed by atoms with Crippen LogP contribution in [-0.2, 0) is 13.5 Å². The van der Waals surface area contributed by atoms with Gasteiger partial charge in [-0.25, -0.2) is 4.98 Å². The number of rotatable bonds is 5. The molecule has 0 unspecified atom stereocenters. The summed E-state index contributed by atoms with van der Waals surface area (Å²) in [6.07, 6.45) is 1.08. The number of aryl methyl sites for hydroxylation is 2. The average Bonchev–Trinajstić information content (AvgIpc) is 2.62. The van der Waals surface area contributed by atoms with Gasteiger partial charge >= 0.3 is 0 Å². The van der Waals surface area contributed by atoms with Gasteiger partial charge in [-0.05, 0) is 43.5 Å². The Hall–Kier alpha value is -1.39. The van der Waals surface area contributed by atoms with Crippen molar-refractivity contribution in [3.63, 3.8) is 0 Å². The van der Waals surface area contributed by atoms with Crippen LogP contribution in [0.15, 0.2) is 18.2 Å². The van der Waals surface area contributed by atoms with Gasteiger partial charge in [0.1, 0.15) is 5.82 Å². The highest BCUT2D eigenvalue weighted by atomic mass is 15.0. The van der Waals surface area contributed by atoms with Crippen molar-refractivity contribution in [1.29, 1.82) is 0 Å². The van der Waals surface area contributed by atoms with Crippen LogP contribution in [0.5, 0.6) is 0 Å². The van der Waals surface area contributed by atoms with Crippen molar-refractivity contribution in [1.82, 2.24) is 20.2 Å². The van der Waals surface area contributed by atoms with Gasteiger partial charge in [0.2, 0.25) is 0 Å². The molecule has 1 aromatic carbocycles. The van der Waals surface area contributed by atoms with Crippen LogP contribution in [0.2, 0.25) is 0 Å². The highest BCUT2D eigenvalue weighted by Gasteiger charge is 2.15. The fraction of sp³-hybridized carbons (Fsp3) is 0.533. The second-order valence-corrected chi connectivity index (χ2v) is 5.52. The van der Waals surface area contributed by atoms with E-state index < -0.39 is 0 Å². The molecule has 0 aliphatic carbocycles. The molecule has 3 rings (SSSR count). The molecule has 1 saturated heterocycles. The van der Waals surface area contributed by atoms with Crippen molar-refractivity contribution in [2.45, 2.75) is 13.3 Å². The summed E-state index contributed by atoms with van der Waals surface area (Å²) in [5.74, 6) is 1.91. The zero-order valence-electron chi connectivity index (χ0n) is 11.7. The molecule has 0 spiro atoms. The molecule has 0 amide bonds. The number of nitrogens with one attached hydrogen (secondary N) is 2. The zero-order chi connectivity index (χ0) is 13.2.